The number of aryl methyl sites for hydroxylation is 2. The maximum atomic E-state index is 4.75. The zero-order chi connectivity index (χ0) is 17.1. The molecule has 0 spiro atoms. The molecule has 0 radical (unpaired) electrons. The molecule has 6 nitrogen and oxygen atoms in total. The van der Waals surface area contributed by atoms with E-state index in [1.54, 1.807) is 18.0 Å². The van der Waals surface area contributed by atoms with Gasteiger partial charge in [-0.15, -0.1) is 0 Å². The maximum Gasteiger partial charge on any atom is 0.223 e. The van der Waals surface area contributed by atoms with Gasteiger partial charge in [0, 0.05) is 42.3 Å². The molecule has 0 saturated carbocycles. The number of aromatic nitrogens is 4. The minimum absolute atomic E-state index is 0.327. The minimum Gasteiger partial charge on any atom is -0.354 e. The van der Waals surface area contributed by atoms with Crippen molar-refractivity contribution in [2.75, 3.05) is 29.6 Å². The molecule has 0 aliphatic carbocycles. The van der Waals surface area contributed by atoms with Gasteiger partial charge in [0.2, 0.25) is 5.95 Å². The van der Waals surface area contributed by atoms with Crippen molar-refractivity contribution in [2.24, 2.45) is 0 Å². The molecule has 1 N–H and O–H groups in total. The Morgan fingerprint density at radius 3 is 2.79 bits per heavy atom. The molecule has 1 atom stereocenters. The normalized spacial score (nSPS) is 17.8. The molecule has 1 unspecified atom stereocenters. The summed E-state index contributed by atoms with van der Waals surface area (Å²) in [6.07, 6.45) is 6.06. The highest BCUT2D eigenvalue weighted by molar-refractivity contribution is 7.98. The Morgan fingerprint density at radius 2 is 2.04 bits per heavy atom. The third-order valence-electron chi connectivity index (χ3n) is 4.37. The van der Waals surface area contributed by atoms with Crippen molar-refractivity contribution in [2.45, 2.75) is 44.8 Å². The van der Waals surface area contributed by atoms with Crippen LogP contribution >= 0.6 is 11.8 Å². The Bertz CT molecular complexity index is 720. The first kappa shape index (κ1) is 17.0. The van der Waals surface area contributed by atoms with Gasteiger partial charge in [-0.05, 0) is 45.9 Å². The van der Waals surface area contributed by atoms with E-state index in [2.05, 4.69) is 39.0 Å². The molecule has 2 aromatic heterocycles. The third kappa shape index (κ3) is 3.77. The molecular formula is C17H24N6S. The van der Waals surface area contributed by atoms with E-state index in [-0.39, 0.29) is 0 Å². The van der Waals surface area contributed by atoms with Crippen LogP contribution in [0, 0.1) is 20.8 Å². The molecule has 1 fully saturated rings. The van der Waals surface area contributed by atoms with Gasteiger partial charge in [0.1, 0.15) is 5.82 Å². The lowest BCUT2D eigenvalue weighted by molar-refractivity contribution is 0.521. The van der Waals surface area contributed by atoms with Gasteiger partial charge in [-0.1, -0.05) is 11.8 Å². The Labute approximate surface area is 147 Å². The molecule has 2 aromatic rings. The molecule has 7 heteroatoms. The zero-order valence-electron chi connectivity index (χ0n) is 14.7. The average Bonchev–Trinajstić information content (AvgIpc) is 2.57. The smallest absolute Gasteiger partial charge is 0.223 e. The lowest BCUT2D eigenvalue weighted by Crippen LogP contribution is -2.43. The standard InChI is InChI=1S/C17H24N6S/c1-11-7-8-18-16(19-11)21-14-6-5-9-23(10-14)15-12(2)13(3)20-17(22-15)24-4/h7-8,14H,5-6,9-10H2,1-4H3,(H,18,19,21). The van der Waals surface area contributed by atoms with Crippen LogP contribution in [0.5, 0.6) is 0 Å². The van der Waals surface area contributed by atoms with Crippen LogP contribution in [0.4, 0.5) is 11.8 Å². The fourth-order valence-corrected chi connectivity index (χ4v) is 3.38. The second kappa shape index (κ2) is 7.34. The summed E-state index contributed by atoms with van der Waals surface area (Å²) in [5.74, 6) is 1.77. The average molecular weight is 344 g/mol. The van der Waals surface area contributed by atoms with Gasteiger partial charge in [0.25, 0.3) is 0 Å². The summed E-state index contributed by atoms with van der Waals surface area (Å²) in [7, 11) is 0. The quantitative estimate of drug-likeness (QED) is 0.675. The van der Waals surface area contributed by atoms with Crippen molar-refractivity contribution in [1.29, 1.82) is 0 Å². The summed E-state index contributed by atoms with van der Waals surface area (Å²) in [6, 6.07) is 2.24. The molecule has 1 aliphatic rings. The summed E-state index contributed by atoms with van der Waals surface area (Å²) >= 11 is 1.59. The van der Waals surface area contributed by atoms with Gasteiger partial charge >= 0.3 is 0 Å². The number of rotatable bonds is 4. The molecule has 1 saturated heterocycles. The van der Waals surface area contributed by atoms with Gasteiger partial charge in [-0.2, -0.15) is 0 Å². The molecule has 3 heterocycles. The van der Waals surface area contributed by atoms with Crippen molar-refractivity contribution >= 4 is 23.5 Å². The van der Waals surface area contributed by atoms with Crippen LogP contribution in [-0.4, -0.2) is 45.3 Å². The van der Waals surface area contributed by atoms with Gasteiger partial charge in [0.15, 0.2) is 5.16 Å². The first-order valence-electron chi connectivity index (χ1n) is 8.27. The van der Waals surface area contributed by atoms with Gasteiger partial charge in [0.05, 0.1) is 0 Å². The molecule has 0 aromatic carbocycles. The van der Waals surface area contributed by atoms with E-state index in [1.165, 1.54) is 5.56 Å². The van der Waals surface area contributed by atoms with Crippen molar-refractivity contribution in [3.63, 3.8) is 0 Å². The lowest BCUT2D eigenvalue weighted by atomic mass is 10.1. The number of piperidine rings is 1. The van der Waals surface area contributed by atoms with Gasteiger partial charge in [-0.25, -0.2) is 19.9 Å². The second-order valence-corrected chi connectivity index (χ2v) is 6.97. The summed E-state index contributed by atoms with van der Waals surface area (Å²) < 4.78 is 0. The number of hydrogen-bond acceptors (Lipinski definition) is 7. The predicted molar refractivity (Wildman–Crippen MR) is 98.9 cm³/mol. The largest absolute Gasteiger partial charge is 0.354 e. The van der Waals surface area contributed by atoms with Crippen LogP contribution in [-0.2, 0) is 0 Å². The van der Waals surface area contributed by atoms with Crippen LogP contribution in [0.1, 0.15) is 29.8 Å². The summed E-state index contributed by atoms with van der Waals surface area (Å²) in [5.41, 5.74) is 3.20. The van der Waals surface area contributed by atoms with Crippen molar-refractivity contribution < 1.29 is 0 Å². The van der Waals surface area contributed by atoms with Crippen LogP contribution in [0.25, 0.3) is 0 Å². The number of hydrogen-bond donors (Lipinski definition) is 1. The van der Waals surface area contributed by atoms with Crippen LogP contribution in [0.15, 0.2) is 17.4 Å². The first-order valence-corrected chi connectivity index (χ1v) is 9.49. The number of nitrogens with zero attached hydrogens (tertiary/aromatic N) is 5. The molecule has 128 valence electrons. The van der Waals surface area contributed by atoms with Gasteiger partial charge in [-0.3, -0.25) is 0 Å². The highest BCUT2D eigenvalue weighted by atomic mass is 32.2. The molecule has 0 bridgehead atoms. The van der Waals surface area contributed by atoms with E-state index in [9.17, 15) is 0 Å². The predicted octanol–water partition coefficient (Wildman–Crippen LogP) is 2.99. The SMILES string of the molecule is CSc1nc(C)c(C)c(N2CCCC(Nc3nccc(C)n3)C2)n1. The highest BCUT2D eigenvalue weighted by Gasteiger charge is 2.23. The van der Waals surface area contributed by atoms with E-state index in [1.807, 2.05) is 19.2 Å². The second-order valence-electron chi connectivity index (χ2n) is 6.20. The molecule has 3 rings (SSSR count). The highest BCUT2D eigenvalue weighted by Crippen LogP contribution is 2.26. The lowest BCUT2D eigenvalue weighted by Gasteiger charge is -2.35. The topological polar surface area (TPSA) is 66.8 Å². The van der Waals surface area contributed by atoms with E-state index >= 15 is 0 Å². The fraction of sp³-hybridized carbons (Fsp3) is 0.529. The van der Waals surface area contributed by atoms with Crippen LogP contribution in [0.3, 0.4) is 0 Å². The maximum absolute atomic E-state index is 4.75. The third-order valence-corrected chi connectivity index (χ3v) is 4.92. The monoisotopic (exact) mass is 344 g/mol. The summed E-state index contributed by atoms with van der Waals surface area (Å²) in [4.78, 5) is 20.4. The van der Waals surface area contributed by atoms with E-state index in [0.29, 0.717) is 12.0 Å². The van der Waals surface area contributed by atoms with Crippen molar-refractivity contribution in [3.05, 3.63) is 29.2 Å². The van der Waals surface area contributed by atoms with Crippen LogP contribution in [0.2, 0.25) is 0 Å². The summed E-state index contributed by atoms with van der Waals surface area (Å²) in [6.45, 7) is 8.08. The first-order chi connectivity index (χ1) is 11.6. The summed E-state index contributed by atoms with van der Waals surface area (Å²) in [5, 5.41) is 4.31. The molecule has 0 amide bonds. The Balaban J connectivity index is 1.77. The van der Waals surface area contributed by atoms with Crippen molar-refractivity contribution in [1.82, 2.24) is 19.9 Å². The number of anilines is 2. The minimum atomic E-state index is 0.327. The van der Waals surface area contributed by atoms with E-state index in [0.717, 1.165) is 48.3 Å². The number of nitrogens with one attached hydrogen (secondary N) is 1. The Hall–Kier alpha value is -1.89. The van der Waals surface area contributed by atoms with Gasteiger partial charge < -0.3 is 10.2 Å². The Morgan fingerprint density at radius 1 is 1.21 bits per heavy atom. The molecular weight excluding hydrogens is 320 g/mol. The van der Waals surface area contributed by atoms with E-state index < -0.39 is 0 Å². The Kier molecular flexibility index (Phi) is 5.18. The zero-order valence-corrected chi connectivity index (χ0v) is 15.5. The molecule has 1 aliphatic heterocycles. The van der Waals surface area contributed by atoms with E-state index in [4.69, 9.17) is 4.98 Å². The van der Waals surface area contributed by atoms with Crippen LogP contribution < -0.4 is 10.2 Å². The van der Waals surface area contributed by atoms with Crippen molar-refractivity contribution in [3.8, 4) is 0 Å². The number of thioether (sulfide) groups is 1. The fourth-order valence-electron chi connectivity index (χ4n) is 2.98. The molecule has 24 heavy (non-hydrogen) atoms.